The van der Waals surface area contributed by atoms with Crippen LogP contribution in [0, 0.1) is 6.92 Å². The van der Waals surface area contributed by atoms with Crippen LogP contribution in [0.25, 0.3) is 0 Å². The number of imide groups is 1. The van der Waals surface area contributed by atoms with E-state index in [0.717, 1.165) is 29.8 Å². The Labute approximate surface area is 122 Å². The molecule has 2 aliphatic heterocycles. The van der Waals surface area contributed by atoms with Gasteiger partial charge in [0.25, 0.3) is 11.8 Å². The second-order valence-corrected chi connectivity index (χ2v) is 5.51. The first-order valence-electron chi connectivity index (χ1n) is 7.01. The highest BCUT2D eigenvalue weighted by molar-refractivity contribution is 6.34. The molecule has 0 atom stereocenters. The van der Waals surface area contributed by atoms with Crippen molar-refractivity contribution >= 4 is 23.2 Å². The van der Waals surface area contributed by atoms with E-state index in [0.29, 0.717) is 16.8 Å². The summed E-state index contributed by atoms with van der Waals surface area (Å²) in [6, 6.07) is 11.1. The molecule has 2 heterocycles. The summed E-state index contributed by atoms with van der Waals surface area (Å²) in [7, 11) is 0. The number of amides is 2. The van der Waals surface area contributed by atoms with Gasteiger partial charge in [-0.1, -0.05) is 11.6 Å². The highest BCUT2D eigenvalue weighted by atomic mass is 16.2. The predicted molar refractivity (Wildman–Crippen MR) is 81.0 cm³/mol. The smallest absolute Gasteiger partial charge is 0.266 e. The van der Waals surface area contributed by atoms with Crippen molar-refractivity contribution in [1.82, 2.24) is 0 Å². The molecule has 0 fully saturated rings. The van der Waals surface area contributed by atoms with Crippen LogP contribution in [0.5, 0.6) is 0 Å². The van der Waals surface area contributed by atoms with E-state index in [1.165, 1.54) is 4.90 Å². The molecule has 2 aromatic carbocycles. The van der Waals surface area contributed by atoms with E-state index in [1.807, 2.05) is 31.2 Å². The molecule has 1 N–H and O–H groups in total. The maximum absolute atomic E-state index is 12.5. The van der Waals surface area contributed by atoms with Crippen LogP contribution in [0.2, 0.25) is 0 Å². The molecule has 0 bridgehead atoms. The van der Waals surface area contributed by atoms with Gasteiger partial charge in [0, 0.05) is 12.2 Å². The number of benzene rings is 2. The molecule has 0 saturated carbocycles. The summed E-state index contributed by atoms with van der Waals surface area (Å²) in [5, 5.41) is 3.28. The first-order valence-corrected chi connectivity index (χ1v) is 7.01. The number of nitrogens with zero attached hydrogens (tertiary/aromatic N) is 1. The second kappa shape index (κ2) is 4.19. The van der Waals surface area contributed by atoms with Crippen molar-refractivity contribution in [3.8, 4) is 0 Å². The van der Waals surface area contributed by atoms with Crippen molar-refractivity contribution in [2.45, 2.75) is 13.3 Å². The Morgan fingerprint density at radius 3 is 2.67 bits per heavy atom. The van der Waals surface area contributed by atoms with E-state index < -0.39 is 0 Å². The van der Waals surface area contributed by atoms with Gasteiger partial charge >= 0.3 is 0 Å². The van der Waals surface area contributed by atoms with Gasteiger partial charge in [-0.25, -0.2) is 4.90 Å². The van der Waals surface area contributed by atoms with Crippen molar-refractivity contribution in [2.75, 3.05) is 16.8 Å². The molecule has 0 aliphatic carbocycles. The van der Waals surface area contributed by atoms with Crippen molar-refractivity contribution in [3.63, 3.8) is 0 Å². The molecule has 2 aromatic rings. The summed E-state index contributed by atoms with van der Waals surface area (Å²) < 4.78 is 0. The quantitative estimate of drug-likeness (QED) is 0.816. The molecule has 21 heavy (non-hydrogen) atoms. The Hall–Kier alpha value is -2.62. The van der Waals surface area contributed by atoms with Gasteiger partial charge < -0.3 is 5.32 Å². The number of aryl methyl sites for hydroxylation is 1. The fraction of sp³-hybridized carbons (Fsp3) is 0.176. The van der Waals surface area contributed by atoms with Crippen LogP contribution < -0.4 is 10.2 Å². The number of carbonyl (C=O) groups is 2. The molecular weight excluding hydrogens is 264 g/mol. The summed E-state index contributed by atoms with van der Waals surface area (Å²) >= 11 is 0. The highest BCUT2D eigenvalue weighted by Crippen LogP contribution is 2.32. The number of rotatable bonds is 1. The third-order valence-corrected chi connectivity index (χ3v) is 4.10. The molecular formula is C17H14N2O2. The van der Waals surface area contributed by atoms with Crippen LogP contribution in [-0.4, -0.2) is 18.4 Å². The zero-order valence-corrected chi connectivity index (χ0v) is 11.6. The summed E-state index contributed by atoms with van der Waals surface area (Å²) in [4.78, 5) is 26.3. The van der Waals surface area contributed by atoms with Crippen LogP contribution in [0.4, 0.5) is 11.4 Å². The third-order valence-electron chi connectivity index (χ3n) is 4.10. The van der Waals surface area contributed by atoms with E-state index in [9.17, 15) is 9.59 Å². The average molecular weight is 278 g/mol. The van der Waals surface area contributed by atoms with Gasteiger partial charge in [-0.05, 0) is 49.2 Å². The van der Waals surface area contributed by atoms with Crippen LogP contribution in [0.3, 0.4) is 0 Å². The number of anilines is 2. The minimum absolute atomic E-state index is 0.232. The van der Waals surface area contributed by atoms with E-state index in [1.54, 1.807) is 12.1 Å². The zero-order chi connectivity index (χ0) is 14.6. The Bertz CT molecular complexity index is 795. The number of carbonyl (C=O) groups excluding carboxylic acids is 2. The summed E-state index contributed by atoms with van der Waals surface area (Å²) in [6.45, 7) is 2.82. The molecule has 0 aromatic heterocycles. The van der Waals surface area contributed by atoms with Gasteiger partial charge in [0.15, 0.2) is 0 Å². The molecule has 0 unspecified atom stereocenters. The SMILES string of the molecule is Cc1ccc2c(c1)C(=O)N(c1ccc3c(c1)CCN3)C2=O. The van der Waals surface area contributed by atoms with E-state index >= 15 is 0 Å². The van der Waals surface area contributed by atoms with Gasteiger partial charge in [-0.15, -0.1) is 0 Å². The zero-order valence-electron chi connectivity index (χ0n) is 11.6. The average Bonchev–Trinajstić information content (AvgIpc) is 3.02. The fourth-order valence-corrected chi connectivity index (χ4v) is 3.02. The normalized spacial score (nSPS) is 16.0. The monoisotopic (exact) mass is 278 g/mol. The number of hydrogen-bond donors (Lipinski definition) is 1. The summed E-state index contributed by atoms with van der Waals surface area (Å²) in [5.74, 6) is -0.467. The third kappa shape index (κ3) is 1.69. The van der Waals surface area contributed by atoms with Crippen LogP contribution in [0.15, 0.2) is 36.4 Å². The van der Waals surface area contributed by atoms with E-state index in [-0.39, 0.29) is 11.8 Å². The molecule has 2 aliphatic rings. The lowest BCUT2D eigenvalue weighted by molar-refractivity contribution is 0.0926. The van der Waals surface area contributed by atoms with Crippen molar-refractivity contribution in [3.05, 3.63) is 58.7 Å². The Balaban J connectivity index is 1.81. The fourth-order valence-electron chi connectivity index (χ4n) is 3.02. The standard InChI is InChI=1S/C17H14N2O2/c1-10-2-4-13-14(8-10)17(21)19(16(13)20)12-3-5-15-11(9-12)6-7-18-15/h2-5,8-9,18H,6-7H2,1H3. The molecule has 4 rings (SSSR count). The molecule has 4 heteroatoms. The maximum Gasteiger partial charge on any atom is 0.266 e. The Morgan fingerprint density at radius 1 is 1.00 bits per heavy atom. The van der Waals surface area contributed by atoms with Gasteiger partial charge in [-0.3, -0.25) is 9.59 Å². The maximum atomic E-state index is 12.5. The largest absolute Gasteiger partial charge is 0.384 e. The molecule has 4 nitrogen and oxygen atoms in total. The lowest BCUT2D eigenvalue weighted by Gasteiger charge is -2.15. The van der Waals surface area contributed by atoms with Crippen molar-refractivity contribution in [1.29, 1.82) is 0 Å². The van der Waals surface area contributed by atoms with Gasteiger partial charge in [-0.2, -0.15) is 0 Å². The lowest BCUT2D eigenvalue weighted by Crippen LogP contribution is -2.29. The molecule has 0 saturated heterocycles. The Morgan fingerprint density at radius 2 is 1.81 bits per heavy atom. The van der Waals surface area contributed by atoms with E-state index in [2.05, 4.69) is 5.32 Å². The topological polar surface area (TPSA) is 49.4 Å². The highest BCUT2D eigenvalue weighted by Gasteiger charge is 2.36. The first kappa shape index (κ1) is 12.1. The molecule has 0 radical (unpaired) electrons. The first-order chi connectivity index (χ1) is 10.1. The minimum Gasteiger partial charge on any atom is -0.384 e. The number of nitrogens with one attached hydrogen (secondary N) is 1. The predicted octanol–water partition coefficient (Wildman–Crippen LogP) is 2.76. The Kier molecular flexibility index (Phi) is 2.42. The van der Waals surface area contributed by atoms with Gasteiger partial charge in [0.05, 0.1) is 16.8 Å². The molecule has 0 spiro atoms. The van der Waals surface area contributed by atoms with Crippen LogP contribution >= 0.6 is 0 Å². The number of fused-ring (bicyclic) bond motifs is 2. The molecule has 104 valence electrons. The van der Waals surface area contributed by atoms with E-state index in [4.69, 9.17) is 0 Å². The van der Waals surface area contributed by atoms with Crippen molar-refractivity contribution in [2.24, 2.45) is 0 Å². The van der Waals surface area contributed by atoms with Gasteiger partial charge in [0.2, 0.25) is 0 Å². The lowest BCUT2D eigenvalue weighted by atomic mass is 10.1. The van der Waals surface area contributed by atoms with Crippen LogP contribution in [-0.2, 0) is 6.42 Å². The van der Waals surface area contributed by atoms with Gasteiger partial charge in [0.1, 0.15) is 0 Å². The summed E-state index contributed by atoms with van der Waals surface area (Å²) in [6.07, 6.45) is 0.922. The second-order valence-electron chi connectivity index (χ2n) is 5.51. The van der Waals surface area contributed by atoms with Crippen molar-refractivity contribution < 1.29 is 9.59 Å². The number of hydrogen-bond acceptors (Lipinski definition) is 3. The summed E-state index contributed by atoms with van der Waals surface area (Å²) in [5.41, 5.74) is 4.87. The molecule has 2 amide bonds. The minimum atomic E-state index is -0.235. The van der Waals surface area contributed by atoms with Crippen LogP contribution in [0.1, 0.15) is 31.8 Å².